The van der Waals surface area contributed by atoms with Crippen LogP contribution in [-0.4, -0.2) is 14.7 Å². The third-order valence-corrected chi connectivity index (χ3v) is 3.22. The molecule has 0 heterocycles. The maximum Gasteiger partial charge on any atom is 0.311 e. The van der Waals surface area contributed by atoms with Gasteiger partial charge in [-0.1, -0.05) is 5.70 Å². The summed E-state index contributed by atoms with van der Waals surface area (Å²) in [6.45, 7) is 5.37. The van der Waals surface area contributed by atoms with Crippen LogP contribution in [0.5, 0.6) is 0 Å². The molecule has 1 nitrogen and oxygen atoms in total. The van der Waals surface area contributed by atoms with Crippen molar-refractivity contribution in [1.82, 2.24) is 0 Å². The van der Waals surface area contributed by atoms with Gasteiger partial charge in [0, 0.05) is 7.11 Å². The molecule has 0 aromatic carbocycles. The fourth-order valence-electron chi connectivity index (χ4n) is 0.0833. The molecule has 0 bridgehead atoms. The first-order valence-corrected chi connectivity index (χ1v) is 5.50. The Morgan fingerprint density at radius 2 is 2.29 bits per heavy atom. The Labute approximate surface area is 49.8 Å². The van der Waals surface area contributed by atoms with Crippen molar-refractivity contribution in [3.8, 4) is 0 Å². The Morgan fingerprint density at radius 3 is 2.29 bits per heavy atom. The maximum atomic E-state index is 5.70. The Morgan fingerprint density at radius 1 is 1.86 bits per heavy atom. The molecule has 3 heteroatoms. The second-order valence-corrected chi connectivity index (χ2v) is 6.43. The highest BCUT2D eigenvalue weighted by Crippen LogP contribution is 2.08. The number of halogens is 1. The summed E-state index contributed by atoms with van der Waals surface area (Å²) in [6, 6.07) is 0. The van der Waals surface area contributed by atoms with E-state index in [4.69, 9.17) is 15.5 Å². The van der Waals surface area contributed by atoms with Gasteiger partial charge in [0.15, 0.2) is 0 Å². The van der Waals surface area contributed by atoms with E-state index in [9.17, 15) is 0 Å². The van der Waals surface area contributed by atoms with Crippen LogP contribution in [0.25, 0.3) is 0 Å². The molecule has 0 aromatic rings. The molecule has 0 radical (unpaired) electrons. The van der Waals surface area contributed by atoms with E-state index in [-0.39, 0.29) is 0 Å². The van der Waals surface area contributed by atoms with Crippen molar-refractivity contribution in [1.29, 1.82) is 0 Å². The number of rotatable bonds is 2. The van der Waals surface area contributed by atoms with E-state index in [1.54, 1.807) is 12.8 Å². The molecule has 0 aliphatic rings. The maximum absolute atomic E-state index is 5.70. The van der Waals surface area contributed by atoms with Gasteiger partial charge in [-0.15, -0.1) is 17.7 Å². The Hall–Kier alpha value is 0.207. The van der Waals surface area contributed by atoms with Gasteiger partial charge in [-0.2, -0.15) is 0 Å². The molecule has 0 aromatic heterocycles. The minimum absolute atomic E-state index is 1.60. The molecule has 0 rings (SSSR count). The van der Waals surface area contributed by atoms with E-state index in [1.807, 2.05) is 6.55 Å². The van der Waals surface area contributed by atoms with E-state index < -0.39 is 7.63 Å². The summed E-state index contributed by atoms with van der Waals surface area (Å²) in [5.74, 6) is 0. The molecule has 0 N–H and O–H groups in total. The molecule has 0 aliphatic carbocycles. The van der Waals surface area contributed by atoms with Crippen molar-refractivity contribution in [3.63, 3.8) is 0 Å². The smallest absolute Gasteiger partial charge is 0.311 e. The summed E-state index contributed by atoms with van der Waals surface area (Å²) in [6.07, 6.45) is 0. The molecule has 42 valence electrons. The van der Waals surface area contributed by atoms with Crippen LogP contribution < -0.4 is 0 Å². The van der Waals surface area contributed by atoms with E-state index in [0.717, 1.165) is 0 Å². The highest BCUT2D eigenvalue weighted by Gasteiger charge is 2.17. The highest BCUT2D eigenvalue weighted by atomic mass is 35.6. The fraction of sp³-hybridized carbons (Fsp3) is 0.500. The van der Waals surface area contributed by atoms with Crippen molar-refractivity contribution in [2.75, 3.05) is 7.11 Å². The quantitative estimate of drug-likeness (QED) is 0.415. The third kappa shape index (κ3) is 2.85. The summed E-state index contributed by atoms with van der Waals surface area (Å²) < 4.78 is 4.87. The van der Waals surface area contributed by atoms with Gasteiger partial charge in [0.25, 0.3) is 0 Å². The van der Waals surface area contributed by atoms with Crippen LogP contribution in [0, 0.1) is 0 Å². The molecular weight excluding hydrogens is 128 g/mol. The summed E-state index contributed by atoms with van der Waals surface area (Å²) in [5.41, 5.74) is 1.68. The van der Waals surface area contributed by atoms with Crippen LogP contribution in [0.1, 0.15) is 0 Å². The lowest BCUT2D eigenvalue weighted by Gasteiger charge is -2.08. The minimum Gasteiger partial charge on any atom is -0.404 e. The van der Waals surface area contributed by atoms with Crippen LogP contribution in [0.15, 0.2) is 12.3 Å². The van der Waals surface area contributed by atoms with Crippen molar-refractivity contribution in [2.45, 2.75) is 6.55 Å². The van der Waals surface area contributed by atoms with Gasteiger partial charge in [0.2, 0.25) is 0 Å². The number of hydrogen-bond acceptors (Lipinski definition) is 1. The van der Waals surface area contributed by atoms with Gasteiger partial charge in [-0.3, -0.25) is 0 Å². The average Bonchev–Trinajstić information content (AvgIpc) is 1.68. The zero-order valence-corrected chi connectivity index (χ0v) is 6.33. The molecule has 1 unspecified atom stereocenters. The van der Waals surface area contributed by atoms with Crippen molar-refractivity contribution in [2.24, 2.45) is 0 Å². The summed E-state index contributed by atoms with van der Waals surface area (Å²) in [4.78, 5) is 0. The average molecular weight is 137 g/mol. The third-order valence-electron chi connectivity index (χ3n) is 0.764. The van der Waals surface area contributed by atoms with Gasteiger partial charge in [-0.05, 0) is 6.55 Å². The number of hydrogen-bond donors (Lipinski definition) is 0. The van der Waals surface area contributed by atoms with Crippen LogP contribution in [0.4, 0.5) is 0 Å². The molecule has 0 saturated heterocycles. The zero-order chi connectivity index (χ0) is 5.91. The second kappa shape index (κ2) is 2.50. The topological polar surface area (TPSA) is 9.23 Å². The Bertz CT molecular complexity index is 72.1. The molecule has 0 fully saturated rings. The first-order chi connectivity index (χ1) is 3.12. The Kier molecular flexibility index (Phi) is 2.57. The molecular formula is C4H9ClOSi. The van der Waals surface area contributed by atoms with E-state index in [1.165, 1.54) is 0 Å². The van der Waals surface area contributed by atoms with Crippen molar-refractivity contribution < 1.29 is 4.43 Å². The molecule has 0 saturated carbocycles. The molecule has 1 atom stereocenters. The van der Waals surface area contributed by atoms with E-state index >= 15 is 0 Å². The molecule has 0 spiro atoms. The lowest BCUT2D eigenvalue weighted by Crippen LogP contribution is -2.21. The van der Waals surface area contributed by atoms with Crippen molar-refractivity contribution in [3.05, 3.63) is 12.3 Å². The van der Waals surface area contributed by atoms with Crippen LogP contribution in [-0.2, 0) is 4.43 Å². The monoisotopic (exact) mass is 136 g/mol. The lowest BCUT2D eigenvalue weighted by atomic mass is 11.3. The predicted molar refractivity (Wildman–Crippen MR) is 34.7 cm³/mol. The first kappa shape index (κ1) is 7.21. The first-order valence-electron chi connectivity index (χ1n) is 2.00. The Balaban J connectivity index is 3.58. The van der Waals surface area contributed by atoms with Gasteiger partial charge in [0.1, 0.15) is 0 Å². The summed E-state index contributed by atoms with van der Waals surface area (Å²) in [7, 11) is -0.317. The van der Waals surface area contributed by atoms with Crippen molar-refractivity contribution >= 4 is 18.7 Å². The van der Waals surface area contributed by atoms with E-state index in [0.29, 0.717) is 0 Å². The highest BCUT2D eigenvalue weighted by molar-refractivity contribution is 7.18. The van der Waals surface area contributed by atoms with Crippen LogP contribution >= 0.6 is 11.1 Å². The largest absolute Gasteiger partial charge is 0.404 e. The van der Waals surface area contributed by atoms with Gasteiger partial charge in [0.05, 0.1) is 0 Å². The summed E-state index contributed by atoms with van der Waals surface area (Å²) in [5, 5.41) is 0. The lowest BCUT2D eigenvalue weighted by molar-refractivity contribution is 0.426. The van der Waals surface area contributed by atoms with Crippen LogP contribution in [0.2, 0.25) is 6.55 Å². The zero-order valence-electron chi connectivity index (χ0n) is 4.57. The standard InChI is InChI=1S/C4H9ClOSi/c1-4-7(3,5)6-2/h4H,1H2,2-3H3. The van der Waals surface area contributed by atoms with Gasteiger partial charge >= 0.3 is 7.63 Å². The SMILES string of the molecule is C=C[Si](C)(Cl)OC. The molecule has 0 amide bonds. The molecule has 0 aliphatic heterocycles. The van der Waals surface area contributed by atoms with E-state index in [2.05, 4.69) is 6.58 Å². The fourth-order valence-corrected chi connectivity index (χ4v) is 0.250. The van der Waals surface area contributed by atoms with Crippen LogP contribution in [0.3, 0.4) is 0 Å². The van der Waals surface area contributed by atoms with Gasteiger partial charge in [-0.25, -0.2) is 0 Å². The van der Waals surface area contributed by atoms with Gasteiger partial charge < -0.3 is 4.43 Å². The predicted octanol–water partition coefficient (Wildman–Crippen LogP) is 1.67. The minimum atomic E-state index is -1.92. The second-order valence-electron chi connectivity index (χ2n) is 1.39. The summed E-state index contributed by atoms with van der Waals surface area (Å²) >= 11 is 5.70. The normalized spacial score (nSPS) is 18.1. The molecule has 7 heavy (non-hydrogen) atoms.